The minimum Gasteiger partial charge on any atom is -0.338 e. The number of carbonyl (C=O) groups is 1. The Kier molecular flexibility index (Phi) is 6.47. The maximum Gasteiger partial charge on any atom is 0.315 e. The van der Waals surface area contributed by atoms with Gasteiger partial charge in [0, 0.05) is 19.1 Å². The first-order valence-electron chi connectivity index (χ1n) is 4.45. The fourth-order valence-corrected chi connectivity index (χ4v) is 0.712. The topological polar surface area (TPSA) is 67.2 Å². The molecule has 4 heteroatoms. The first-order valence-corrected chi connectivity index (χ1v) is 4.45. The summed E-state index contributed by atoms with van der Waals surface area (Å²) in [5, 5.41) is 5.46. The molecule has 0 spiro atoms. The highest BCUT2D eigenvalue weighted by Crippen LogP contribution is 1.82. The van der Waals surface area contributed by atoms with Crippen LogP contribution in [0.15, 0.2) is 0 Å². The van der Waals surface area contributed by atoms with Gasteiger partial charge in [0.2, 0.25) is 0 Å². The standard InChI is InChI=1S/C8H19N3O/c1-3-4-5-10-8(12)11-7(2)6-9/h7H,3-6,9H2,1-2H3,(H2,10,11,12)/t7-/m1/s1. The summed E-state index contributed by atoms with van der Waals surface area (Å²) in [7, 11) is 0. The minimum atomic E-state index is -0.124. The van der Waals surface area contributed by atoms with Crippen molar-refractivity contribution in [1.82, 2.24) is 10.6 Å². The highest BCUT2D eigenvalue weighted by molar-refractivity contribution is 5.74. The lowest BCUT2D eigenvalue weighted by Gasteiger charge is -2.11. The third kappa shape index (κ3) is 5.97. The van der Waals surface area contributed by atoms with Crippen LogP contribution in [0.4, 0.5) is 4.79 Å². The van der Waals surface area contributed by atoms with Gasteiger partial charge in [0.1, 0.15) is 0 Å². The van der Waals surface area contributed by atoms with Gasteiger partial charge in [0.25, 0.3) is 0 Å². The molecule has 2 amide bonds. The Bertz CT molecular complexity index is 127. The van der Waals surface area contributed by atoms with Crippen LogP contribution < -0.4 is 16.4 Å². The number of hydrogen-bond donors (Lipinski definition) is 3. The molecule has 0 aromatic heterocycles. The molecule has 0 bridgehead atoms. The first-order chi connectivity index (χ1) is 5.70. The molecule has 4 N–H and O–H groups in total. The molecule has 0 aromatic rings. The Balaban J connectivity index is 3.33. The largest absolute Gasteiger partial charge is 0.338 e. The van der Waals surface area contributed by atoms with Crippen LogP contribution in [-0.4, -0.2) is 25.2 Å². The van der Waals surface area contributed by atoms with E-state index in [9.17, 15) is 4.79 Å². The average Bonchev–Trinajstić information content (AvgIpc) is 2.05. The van der Waals surface area contributed by atoms with E-state index in [1.165, 1.54) is 0 Å². The molecule has 0 aliphatic rings. The van der Waals surface area contributed by atoms with Crippen LogP contribution in [0, 0.1) is 0 Å². The maximum absolute atomic E-state index is 11.0. The van der Waals surface area contributed by atoms with Gasteiger partial charge in [-0.2, -0.15) is 0 Å². The summed E-state index contributed by atoms with van der Waals surface area (Å²) in [5.41, 5.74) is 5.33. The van der Waals surface area contributed by atoms with E-state index in [2.05, 4.69) is 17.6 Å². The lowest BCUT2D eigenvalue weighted by atomic mass is 10.3. The Morgan fingerprint density at radius 2 is 2.25 bits per heavy atom. The fourth-order valence-electron chi connectivity index (χ4n) is 0.712. The van der Waals surface area contributed by atoms with Gasteiger partial charge >= 0.3 is 6.03 Å². The molecule has 4 nitrogen and oxygen atoms in total. The minimum absolute atomic E-state index is 0.0478. The van der Waals surface area contributed by atoms with Crippen molar-refractivity contribution in [3.8, 4) is 0 Å². The molecule has 0 saturated heterocycles. The molecule has 72 valence electrons. The van der Waals surface area contributed by atoms with Crippen molar-refractivity contribution in [3.63, 3.8) is 0 Å². The molecule has 0 rings (SSSR count). The van der Waals surface area contributed by atoms with Crippen molar-refractivity contribution in [2.45, 2.75) is 32.7 Å². The van der Waals surface area contributed by atoms with Crippen LogP contribution in [0.2, 0.25) is 0 Å². The number of nitrogens with two attached hydrogens (primary N) is 1. The van der Waals surface area contributed by atoms with E-state index in [1.54, 1.807) is 0 Å². The zero-order valence-corrected chi connectivity index (χ0v) is 7.89. The van der Waals surface area contributed by atoms with E-state index in [1.807, 2.05) is 6.92 Å². The van der Waals surface area contributed by atoms with Crippen molar-refractivity contribution in [2.75, 3.05) is 13.1 Å². The third-order valence-electron chi connectivity index (χ3n) is 1.55. The average molecular weight is 173 g/mol. The first kappa shape index (κ1) is 11.2. The van der Waals surface area contributed by atoms with Crippen molar-refractivity contribution in [3.05, 3.63) is 0 Å². The molecule has 0 unspecified atom stereocenters. The lowest BCUT2D eigenvalue weighted by Crippen LogP contribution is -2.44. The number of hydrogen-bond acceptors (Lipinski definition) is 2. The predicted molar refractivity (Wildman–Crippen MR) is 50.0 cm³/mol. The van der Waals surface area contributed by atoms with Crippen molar-refractivity contribution in [2.24, 2.45) is 5.73 Å². The molecule has 0 heterocycles. The van der Waals surface area contributed by atoms with Gasteiger partial charge in [0.15, 0.2) is 0 Å². The van der Waals surface area contributed by atoms with Gasteiger partial charge in [-0.15, -0.1) is 0 Å². The molecule has 12 heavy (non-hydrogen) atoms. The zero-order valence-electron chi connectivity index (χ0n) is 7.89. The van der Waals surface area contributed by atoms with E-state index in [0.717, 1.165) is 19.4 Å². The number of amides is 2. The molecule has 0 aromatic carbocycles. The number of nitrogens with one attached hydrogen (secondary N) is 2. The zero-order chi connectivity index (χ0) is 9.40. The Labute approximate surface area is 73.9 Å². The SMILES string of the molecule is CCCCNC(=O)N[C@H](C)CN. The Morgan fingerprint density at radius 1 is 1.58 bits per heavy atom. The lowest BCUT2D eigenvalue weighted by molar-refractivity contribution is 0.238. The van der Waals surface area contributed by atoms with E-state index in [4.69, 9.17) is 5.73 Å². The highest BCUT2D eigenvalue weighted by atomic mass is 16.2. The van der Waals surface area contributed by atoms with Crippen LogP contribution in [0.1, 0.15) is 26.7 Å². The number of carbonyl (C=O) groups excluding carboxylic acids is 1. The number of urea groups is 1. The molecule has 0 fully saturated rings. The van der Waals surface area contributed by atoms with Crippen LogP contribution in [-0.2, 0) is 0 Å². The van der Waals surface area contributed by atoms with E-state index < -0.39 is 0 Å². The second kappa shape index (κ2) is 6.91. The maximum atomic E-state index is 11.0. The van der Waals surface area contributed by atoms with Gasteiger partial charge < -0.3 is 16.4 Å². The van der Waals surface area contributed by atoms with Gasteiger partial charge in [-0.25, -0.2) is 4.79 Å². The fraction of sp³-hybridized carbons (Fsp3) is 0.875. The molecule has 1 atom stereocenters. The van der Waals surface area contributed by atoms with Gasteiger partial charge in [-0.3, -0.25) is 0 Å². The van der Waals surface area contributed by atoms with Crippen LogP contribution in [0.3, 0.4) is 0 Å². The Hall–Kier alpha value is -0.770. The van der Waals surface area contributed by atoms with E-state index in [0.29, 0.717) is 6.54 Å². The van der Waals surface area contributed by atoms with Crippen LogP contribution in [0.5, 0.6) is 0 Å². The van der Waals surface area contributed by atoms with Gasteiger partial charge in [0.05, 0.1) is 0 Å². The van der Waals surface area contributed by atoms with Crippen molar-refractivity contribution < 1.29 is 4.79 Å². The highest BCUT2D eigenvalue weighted by Gasteiger charge is 2.02. The summed E-state index contributed by atoms with van der Waals surface area (Å²) in [5.74, 6) is 0. The second-order valence-electron chi connectivity index (χ2n) is 2.89. The second-order valence-corrected chi connectivity index (χ2v) is 2.89. The molecule has 0 radical (unpaired) electrons. The van der Waals surface area contributed by atoms with E-state index >= 15 is 0 Å². The molecule has 0 saturated carbocycles. The predicted octanol–water partition coefficient (Wildman–Crippen LogP) is 0.433. The molecule has 0 aliphatic carbocycles. The summed E-state index contributed by atoms with van der Waals surface area (Å²) >= 11 is 0. The number of unbranched alkanes of at least 4 members (excludes halogenated alkanes) is 1. The van der Waals surface area contributed by atoms with Crippen LogP contribution in [0.25, 0.3) is 0 Å². The van der Waals surface area contributed by atoms with Crippen LogP contribution >= 0.6 is 0 Å². The number of rotatable bonds is 5. The summed E-state index contributed by atoms with van der Waals surface area (Å²) < 4.78 is 0. The summed E-state index contributed by atoms with van der Waals surface area (Å²) in [6.07, 6.45) is 2.11. The summed E-state index contributed by atoms with van der Waals surface area (Å²) in [6.45, 7) is 5.17. The monoisotopic (exact) mass is 173 g/mol. The quantitative estimate of drug-likeness (QED) is 0.528. The van der Waals surface area contributed by atoms with Gasteiger partial charge in [-0.05, 0) is 13.3 Å². The van der Waals surface area contributed by atoms with Gasteiger partial charge in [-0.1, -0.05) is 13.3 Å². The Morgan fingerprint density at radius 3 is 2.75 bits per heavy atom. The molecular weight excluding hydrogens is 154 g/mol. The normalized spacial score (nSPS) is 12.2. The molecule has 0 aliphatic heterocycles. The van der Waals surface area contributed by atoms with Crippen molar-refractivity contribution in [1.29, 1.82) is 0 Å². The smallest absolute Gasteiger partial charge is 0.315 e. The summed E-state index contributed by atoms with van der Waals surface area (Å²) in [4.78, 5) is 11.0. The summed E-state index contributed by atoms with van der Waals surface area (Å²) in [6, 6.07) is -0.0759. The molecular formula is C8H19N3O. The van der Waals surface area contributed by atoms with Crippen molar-refractivity contribution >= 4 is 6.03 Å². The van der Waals surface area contributed by atoms with E-state index in [-0.39, 0.29) is 12.1 Å². The third-order valence-corrected chi connectivity index (χ3v) is 1.55.